The van der Waals surface area contributed by atoms with Crippen LogP contribution < -0.4 is 10.1 Å². The van der Waals surface area contributed by atoms with E-state index >= 15 is 0 Å². The predicted octanol–water partition coefficient (Wildman–Crippen LogP) is 6.14. The van der Waals surface area contributed by atoms with Crippen molar-refractivity contribution in [2.45, 2.75) is 25.2 Å². The molecule has 0 saturated heterocycles. The van der Waals surface area contributed by atoms with Crippen molar-refractivity contribution in [2.75, 3.05) is 11.1 Å². The van der Waals surface area contributed by atoms with Gasteiger partial charge in [-0.3, -0.25) is 4.79 Å². The van der Waals surface area contributed by atoms with Crippen molar-refractivity contribution < 1.29 is 9.53 Å². The Labute approximate surface area is 203 Å². The first-order valence-corrected chi connectivity index (χ1v) is 11.9. The standard InChI is InChI=1S/C27H24N4O2S/c1-3-34-24-10-7-20(8-11-24)14-27(32)30-22-9-12-25(31-17-19(2)29-18-31)26(15-22)33-23-6-4-5-21(13-23)16-28/h4-13,15,17-18H,3,14H2,1-2H3,(H,30,32). The molecule has 1 N–H and O–H groups in total. The van der Waals surface area contributed by atoms with Crippen molar-refractivity contribution in [2.24, 2.45) is 0 Å². The summed E-state index contributed by atoms with van der Waals surface area (Å²) in [7, 11) is 0. The molecule has 0 aliphatic carbocycles. The molecule has 170 valence electrons. The van der Waals surface area contributed by atoms with Crippen LogP contribution in [0.3, 0.4) is 0 Å². The van der Waals surface area contributed by atoms with E-state index in [0.717, 1.165) is 22.7 Å². The lowest BCUT2D eigenvalue weighted by Crippen LogP contribution is -2.14. The van der Waals surface area contributed by atoms with Gasteiger partial charge in [0.1, 0.15) is 5.75 Å². The number of rotatable bonds is 8. The molecule has 3 aromatic carbocycles. The zero-order chi connectivity index (χ0) is 23.9. The molecule has 0 saturated carbocycles. The van der Waals surface area contributed by atoms with Gasteiger partial charge >= 0.3 is 0 Å². The summed E-state index contributed by atoms with van der Waals surface area (Å²) < 4.78 is 8.00. The van der Waals surface area contributed by atoms with Crippen LogP contribution in [-0.2, 0) is 11.2 Å². The van der Waals surface area contributed by atoms with Crippen LogP contribution in [-0.4, -0.2) is 21.2 Å². The lowest BCUT2D eigenvalue weighted by Gasteiger charge is -2.14. The number of hydrogen-bond donors (Lipinski definition) is 1. The van der Waals surface area contributed by atoms with Gasteiger partial charge in [0.15, 0.2) is 5.75 Å². The zero-order valence-electron chi connectivity index (χ0n) is 19.0. The monoisotopic (exact) mass is 468 g/mol. The number of nitrogens with one attached hydrogen (secondary N) is 1. The fourth-order valence-corrected chi connectivity index (χ4v) is 4.12. The number of benzene rings is 3. The molecule has 34 heavy (non-hydrogen) atoms. The van der Waals surface area contributed by atoms with E-state index in [1.807, 2.05) is 54.1 Å². The van der Waals surface area contributed by atoms with E-state index in [0.29, 0.717) is 22.7 Å². The zero-order valence-corrected chi connectivity index (χ0v) is 19.8. The smallest absolute Gasteiger partial charge is 0.228 e. The molecule has 6 nitrogen and oxygen atoms in total. The molecule has 0 atom stereocenters. The van der Waals surface area contributed by atoms with E-state index in [2.05, 4.69) is 23.3 Å². The molecule has 0 aliphatic heterocycles. The average Bonchev–Trinajstić information content (AvgIpc) is 3.27. The number of nitriles is 1. The minimum Gasteiger partial charge on any atom is -0.455 e. The molecule has 4 aromatic rings. The van der Waals surface area contributed by atoms with E-state index < -0.39 is 0 Å². The van der Waals surface area contributed by atoms with Gasteiger partial charge in [-0.05, 0) is 60.7 Å². The maximum atomic E-state index is 12.7. The molecule has 0 bridgehead atoms. The third-order valence-electron chi connectivity index (χ3n) is 5.02. The molecular weight excluding hydrogens is 444 g/mol. The summed E-state index contributed by atoms with van der Waals surface area (Å²) in [5.41, 5.74) is 3.72. The molecule has 1 heterocycles. The summed E-state index contributed by atoms with van der Waals surface area (Å²) >= 11 is 1.77. The number of thioether (sulfide) groups is 1. The van der Waals surface area contributed by atoms with E-state index in [4.69, 9.17) is 4.74 Å². The first kappa shape index (κ1) is 23.1. The van der Waals surface area contributed by atoms with Crippen molar-refractivity contribution in [3.63, 3.8) is 0 Å². The molecular formula is C27H24N4O2S. The first-order chi connectivity index (χ1) is 16.5. The van der Waals surface area contributed by atoms with E-state index in [-0.39, 0.29) is 12.3 Å². The first-order valence-electron chi connectivity index (χ1n) is 10.9. The molecule has 0 radical (unpaired) electrons. The van der Waals surface area contributed by atoms with Gasteiger partial charge in [-0.2, -0.15) is 5.26 Å². The van der Waals surface area contributed by atoms with E-state index in [1.54, 1.807) is 48.4 Å². The molecule has 0 aliphatic rings. The number of amides is 1. The molecule has 4 rings (SSSR count). The van der Waals surface area contributed by atoms with Crippen molar-refractivity contribution >= 4 is 23.4 Å². The molecule has 0 unspecified atom stereocenters. The van der Waals surface area contributed by atoms with E-state index in [9.17, 15) is 10.1 Å². The van der Waals surface area contributed by atoms with Crippen molar-refractivity contribution in [1.82, 2.24) is 9.55 Å². The normalized spacial score (nSPS) is 10.5. The topological polar surface area (TPSA) is 79.9 Å². The van der Waals surface area contributed by atoms with Crippen molar-refractivity contribution in [3.05, 3.63) is 96.1 Å². The minimum atomic E-state index is -0.112. The second-order valence-electron chi connectivity index (χ2n) is 7.65. The van der Waals surface area contributed by atoms with Crippen LogP contribution in [0.15, 0.2) is 84.1 Å². The number of anilines is 1. The Morgan fingerprint density at radius 2 is 1.97 bits per heavy atom. The van der Waals surface area contributed by atoms with Crippen LogP contribution in [0.1, 0.15) is 23.7 Å². The molecule has 7 heteroatoms. The lowest BCUT2D eigenvalue weighted by molar-refractivity contribution is -0.115. The molecule has 1 amide bonds. The Morgan fingerprint density at radius 3 is 2.68 bits per heavy atom. The largest absolute Gasteiger partial charge is 0.455 e. The minimum absolute atomic E-state index is 0.112. The highest BCUT2D eigenvalue weighted by Gasteiger charge is 2.12. The van der Waals surface area contributed by atoms with Gasteiger partial charge in [-0.25, -0.2) is 4.98 Å². The fraction of sp³-hybridized carbons (Fsp3) is 0.148. The number of carbonyl (C=O) groups is 1. The third kappa shape index (κ3) is 5.85. The molecule has 0 spiro atoms. The van der Waals surface area contributed by atoms with Crippen LogP contribution >= 0.6 is 11.8 Å². The Balaban J connectivity index is 1.56. The number of hydrogen-bond acceptors (Lipinski definition) is 5. The summed E-state index contributed by atoms with van der Waals surface area (Å²) in [6, 6.07) is 22.6. The summed E-state index contributed by atoms with van der Waals surface area (Å²) in [6.07, 6.45) is 3.88. The predicted molar refractivity (Wildman–Crippen MR) is 135 cm³/mol. The van der Waals surface area contributed by atoms with Crippen molar-refractivity contribution in [3.8, 4) is 23.3 Å². The number of nitrogens with zero attached hydrogens (tertiary/aromatic N) is 3. The van der Waals surface area contributed by atoms with Gasteiger partial charge in [-0.1, -0.05) is 25.1 Å². The van der Waals surface area contributed by atoms with Gasteiger partial charge in [0.05, 0.1) is 35.8 Å². The van der Waals surface area contributed by atoms with Gasteiger partial charge in [-0.15, -0.1) is 11.8 Å². The lowest BCUT2D eigenvalue weighted by atomic mass is 10.1. The number of imidazole rings is 1. The summed E-state index contributed by atoms with van der Waals surface area (Å²) in [4.78, 5) is 18.2. The van der Waals surface area contributed by atoms with Crippen LogP contribution in [0.25, 0.3) is 5.69 Å². The quantitative estimate of drug-likeness (QED) is 0.314. The Morgan fingerprint density at radius 1 is 1.15 bits per heavy atom. The SMILES string of the molecule is CCSc1ccc(CC(=O)Nc2ccc(-n3cnc(C)c3)c(Oc3cccc(C#N)c3)c2)cc1. The van der Waals surface area contributed by atoms with Gasteiger partial charge in [0.2, 0.25) is 5.91 Å². The number of ether oxygens (including phenoxy) is 1. The summed E-state index contributed by atoms with van der Waals surface area (Å²) in [6.45, 7) is 4.03. The van der Waals surface area contributed by atoms with Gasteiger partial charge < -0.3 is 14.6 Å². The van der Waals surface area contributed by atoms with Crippen molar-refractivity contribution in [1.29, 1.82) is 5.26 Å². The van der Waals surface area contributed by atoms with Gasteiger partial charge in [0, 0.05) is 22.8 Å². The van der Waals surface area contributed by atoms with Crippen LogP contribution in [0.2, 0.25) is 0 Å². The summed E-state index contributed by atoms with van der Waals surface area (Å²) in [5, 5.41) is 12.2. The Kier molecular flexibility index (Phi) is 7.31. The maximum Gasteiger partial charge on any atom is 0.228 e. The average molecular weight is 469 g/mol. The Hall–Kier alpha value is -4.02. The number of aromatic nitrogens is 2. The highest BCUT2D eigenvalue weighted by atomic mass is 32.2. The summed E-state index contributed by atoms with van der Waals surface area (Å²) in [5.74, 6) is 1.97. The maximum absolute atomic E-state index is 12.7. The van der Waals surface area contributed by atoms with Crippen LogP contribution in [0, 0.1) is 18.3 Å². The number of carbonyl (C=O) groups excluding carboxylic acids is 1. The van der Waals surface area contributed by atoms with Gasteiger partial charge in [0.25, 0.3) is 0 Å². The number of aryl methyl sites for hydroxylation is 1. The van der Waals surface area contributed by atoms with Crippen LogP contribution in [0.4, 0.5) is 5.69 Å². The highest BCUT2D eigenvalue weighted by molar-refractivity contribution is 7.99. The molecule has 0 fully saturated rings. The Bertz CT molecular complexity index is 1340. The second kappa shape index (κ2) is 10.7. The highest BCUT2D eigenvalue weighted by Crippen LogP contribution is 2.32. The van der Waals surface area contributed by atoms with Crippen LogP contribution in [0.5, 0.6) is 11.5 Å². The fourth-order valence-electron chi connectivity index (χ4n) is 3.46. The third-order valence-corrected chi connectivity index (χ3v) is 5.92. The second-order valence-corrected chi connectivity index (χ2v) is 8.99. The molecule has 1 aromatic heterocycles. The van der Waals surface area contributed by atoms with E-state index in [1.165, 1.54) is 4.90 Å².